The Labute approximate surface area is 250 Å². The minimum absolute atomic E-state index is 0.00366. The van der Waals surface area contributed by atoms with Gasteiger partial charge in [-0.25, -0.2) is 0 Å². The highest BCUT2D eigenvalue weighted by Gasteiger charge is 2.35. The topological polar surface area (TPSA) is 106 Å². The maximum atomic E-state index is 13.3. The van der Waals surface area contributed by atoms with Crippen molar-refractivity contribution < 1.29 is 19.5 Å². The zero-order chi connectivity index (χ0) is 29.8. The summed E-state index contributed by atoms with van der Waals surface area (Å²) in [6.07, 6.45) is 0.367. The van der Waals surface area contributed by atoms with Crippen molar-refractivity contribution in [3.05, 3.63) is 88.4 Å². The summed E-state index contributed by atoms with van der Waals surface area (Å²) in [5.74, 6) is -1.75. The van der Waals surface area contributed by atoms with Crippen LogP contribution < -0.4 is 10.2 Å². The number of nitrogens with zero attached hydrogens (tertiary/aromatic N) is 4. The summed E-state index contributed by atoms with van der Waals surface area (Å²) in [7, 11) is 3.86. The second-order valence-corrected chi connectivity index (χ2v) is 11.2. The Morgan fingerprint density at radius 3 is 2.50 bits per heavy atom. The fourth-order valence-corrected chi connectivity index (χ4v) is 5.45. The quantitative estimate of drug-likeness (QED) is 0.359. The van der Waals surface area contributed by atoms with E-state index >= 15 is 0 Å². The van der Waals surface area contributed by atoms with Crippen LogP contribution in [-0.2, 0) is 20.8 Å². The van der Waals surface area contributed by atoms with Crippen molar-refractivity contribution in [2.75, 3.05) is 57.0 Å². The Morgan fingerprint density at radius 1 is 1.05 bits per heavy atom. The van der Waals surface area contributed by atoms with E-state index < -0.39 is 11.9 Å². The third kappa shape index (κ3) is 6.87. The third-order valence-electron chi connectivity index (χ3n) is 7.79. The number of hydrogen-bond donors (Lipinski definition) is 2. The summed E-state index contributed by atoms with van der Waals surface area (Å²) in [6.45, 7) is 4.01. The van der Waals surface area contributed by atoms with Crippen LogP contribution in [0, 0.1) is 0 Å². The molecule has 0 spiro atoms. The van der Waals surface area contributed by atoms with Crippen LogP contribution in [0.15, 0.2) is 71.7 Å². The number of halogens is 1. The van der Waals surface area contributed by atoms with Gasteiger partial charge in [0.15, 0.2) is 0 Å². The first-order valence-electron chi connectivity index (χ1n) is 14.0. The lowest BCUT2D eigenvalue weighted by molar-refractivity contribution is -0.137. The molecular formula is C32H34ClN5O4. The fraction of sp³-hybridized carbons (Fsp3) is 0.312. The lowest BCUT2D eigenvalue weighted by atomic mass is 9.89. The van der Waals surface area contributed by atoms with Gasteiger partial charge in [-0.2, -0.15) is 0 Å². The Balaban J connectivity index is 1.43. The normalized spacial score (nSPS) is 17.5. The number of anilines is 2. The molecule has 0 aliphatic carbocycles. The number of carboxylic acids is 1. The van der Waals surface area contributed by atoms with E-state index in [2.05, 4.69) is 22.2 Å². The first-order valence-corrected chi connectivity index (χ1v) is 14.3. The molecule has 1 saturated heterocycles. The molecule has 2 amide bonds. The van der Waals surface area contributed by atoms with Crippen molar-refractivity contribution >= 4 is 52.2 Å². The van der Waals surface area contributed by atoms with E-state index in [-0.39, 0.29) is 18.2 Å². The summed E-state index contributed by atoms with van der Waals surface area (Å²) in [6, 6.07) is 20.2. The molecule has 0 bridgehead atoms. The molecule has 0 saturated carbocycles. The molecule has 9 nitrogen and oxygen atoms in total. The van der Waals surface area contributed by atoms with Crippen molar-refractivity contribution in [2.24, 2.45) is 4.99 Å². The molecule has 2 N–H and O–H groups in total. The Bertz CT molecular complexity index is 1520. The number of hydrogen-bond acceptors (Lipinski definition) is 6. The van der Waals surface area contributed by atoms with Gasteiger partial charge in [0.05, 0.1) is 17.9 Å². The van der Waals surface area contributed by atoms with Gasteiger partial charge in [-0.3, -0.25) is 24.3 Å². The number of aliphatic imine (C=N–C) groups is 1. The number of carbonyl (C=O) groups excluding carboxylic acids is 2. The Hall–Kier alpha value is -4.05. The number of likely N-dealkylation sites (N-methyl/N-ethyl adjacent to an activating group) is 2. The van der Waals surface area contributed by atoms with E-state index in [9.17, 15) is 14.4 Å². The van der Waals surface area contributed by atoms with Crippen LogP contribution in [0.2, 0.25) is 5.02 Å². The van der Waals surface area contributed by atoms with Crippen LogP contribution >= 0.6 is 11.6 Å². The second kappa shape index (κ2) is 12.9. The predicted molar refractivity (Wildman–Crippen MR) is 165 cm³/mol. The minimum Gasteiger partial charge on any atom is -0.481 e. The molecule has 1 atom stereocenters. The standard InChI is InChI=1S/C32H34ClN5O4/c1-36-14-16-38(17-15-36)20-28(39)37(2)25-10-8-24(9-11-25)34-31(22-5-3-4-21(18-22)6-13-29(40)41)30-26-12-7-23(33)19-27(26)35-32(30)42/h3-5,7-12,18-19,30H,6,13-17,20H2,1-2H3,(H,35,42)(H,40,41). The van der Waals surface area contributed by atoms with E-state index in [0.29, 0.717) is 35.1 Å². The lowest BCUT2D eigenvalue weighted by Gasteiger charge is -2.32. The van der Waals surface area contributed by atoms with E-state index in [1.54, 1.807) is 24.1 Å². The molecule has 2 aliphatic rings. The van der Waals surface area contributed by atoms with Gasteiger partial charge < -0.3 is 20.2 Å². The molecule has 0 aromatic heterocycles. The van der Waals surface area contributed by atoms with Gasteiger partial charge in [-0.05, 0) is 72.6 Å². The zero-order valence-electron chi connectivity index (χ0n) is 23.7. The molecule has 0 radical (unpaired) electrons. The SMILES string of the molecule is CN1CCN(CC(=O)N(C)c2ccc(N=C(c3cccc(CCC(=O)O)c3)C3C(=O)Nc4cc(Cl)ccc43)cc2)CC1. The van der Waals surface area contributed by atoms with Crippen molar-refractivity contribution in [1.29, 1.82) is 0 Å². The summed E-state index contributed by atoms with van der Waals surface area (Å²) >= 11 is 6.19. The summed E-state index contributed by atoms with van der Waals surface area (Å²) < 4.78 is 0. The first-order chi connectivity index (χ1) is 20.2. The Kier molecular flexibility index (Phi) is 9.01. The number of nitrogens with one attached hydrogen (secondary N) is 1. The van der Waals surface area contributed by atoms with Crippen molar-refractivity contribution in [3.63, 3.8) is 0 Å². The number of carboxylic acid groups (broad SMARTS) is 1. The van der Waals surface area contributed by atoms with Gasteiger partial charge in [0.25, 0.3) is 0 Å². The number of piperazine rings is 1. The maximum Gasteiger partial charge on any atom is 0.303 e. The highest BCUT2D eigenvalue weighted by atomic mass is 35.5. The van der Waals surface area contributed by atoms with Crippen molar-refractivity contribution in [1.82, 2.24) is 9.80 Å². The highest BCUT2D eigenvalue weighted by Crippen LogP contribution is 2.38. The van der Waals surface area contributed by atoms with Crippen LogP contribution in [0.25, 0.3) is 0 Å². The largest absolute Gasteiger partial charge is 0.481 e. The van der Waals surface area contributed by atoms with E-state index in [1.807, 2.05) is 54.6 Å². The summed E-state index contributed by atoms with van der Waals surface area (Å²) in [5, 5.41) is 12.6. The van der Waals surface area contributed by atoms with Crippen LogP contribution in [0.5, 0.6) is 0 Å². The van der Waals surface area contributed by atoms with Crippen LogP contribution in [0.4, 0.5) is 17.1 Å². The molecule has 2 heterocycles. The van der Waals surface area contributed by atoms with Crippen molar-refractivity contribution in [2.45, 2.75) is 18.8 Å². The monoisotopic (exact) mass is 587 g/mol. The minimum atomic E-state index is -0.873. The third-order valence-corrected chi connectivity index (χ3v) is 8.02. The van der Waals surface area contributed by atoms with E-state index in [1.165, 1.54) is 0 Å². The molecule has 5 rings (SSSR count). The maximum absolute atomic E-state index is 13.3. The molecule has 3 aromatic rings. The molecular weight excluding hydrogens is 554 g/mol. The fourth-order valence-electron chi connectivity index (χ4n) is 5.28. The molecule has 10 heteroatoms. The number of aryl methyl sites for hydroxylation is 1. The number of carbonyl (C=O) groups is 3. The summed E-state index contributed by atoms with van der Waals surface area (Å²) in [4.78, 5) is 48.5. The number of benzene rings is 3. The number of fused-ring (bicyclic) bond motifs is 1. The highest BCUT2D eigenvalue weighted by molar-refractivity contribution is 6.31. The molecule has 1 fully saturated rings. The van der Waals surface area contributed by atoms with Gasteiger partial charge >= 0.3 is 5.97 Å². The number of aliphatic carboxylic acids is 1. The number of amides is 2. The molecule has 42 heavy (non-hydrogen) atoms. The lowest BCUT2D eigenvalue weighted by Crippen LogP contribution is -2.48. The Morgan fingerprint density at radius 2 is 1.79 bits per heavy atom. The molecule has 2 aliphatic heterocycles. The van der Waals surface area contributed by atoms with Gasteiger partial charge in [-0.1, -0.05) is 35.9 Å². The molecule has 218 valence electrons. The number of rotatable bonds is 9. The smallest absolute Gasteiger partial charge is 0.303 e. The average molecular weight is 588 g/mol. The van der Waals surface area contributed by atoms with Gasteiger partial charge in [0.2, 0.25) is 11.8 Å². The van der Waals surface area contributed by atoms with Gasteiger partial charge in [0, 0.05) is 56.0 Å². The zero-order valence-corrected chi connectivity index (χ0v) is 24.5. The molecule has 3 aromatic carbocycles. The van der Waals surface area contributed by atoms with E-state index in [0.717, 1.165) is 48.6 Å². The first kappa shape index (κ1) is 29.4. The van der Waals surface area contributed by atoms with E-state index in [4.69, 9.17) is 21.7 Å². The van der Waals surface area contributed by atoms with Gasteiger partial charge in [0.1, 0.15) is 5.92 Å². The van der Waals surface area contributed by atoms with Crippen LogP contribution in [0.1, 0.15) is 29.0 Å². The van der Waals surface area contributed by atoms with Crippen LogP contribution in [0.3, 0.4) is 0 Å². The summed E-state index contributed by atoms with van der Waals surface area (Å²) in [5.41, 5.74) is 4.90. The van der Waals surface area contributed by atoms with Crippen molar-refractivity contribution in [3.8, 4) is 0 Å². The second-order valence-electron chi connectivity index (χ2n) is 10.8. The predicted octanol–water partition coefficient (Wildman–Crippen LogP) is 4.42. The molecule has 1 unspecified atom stereocenters. The van der Waals surface area contributed by atoms with Gasteiger partial charge in [-0.15, -0.1) is 0 Å². The average Bonchev–Trinajstić information content (AvgIpc) is 3.30. The van der Waals surface area contributed by atoms with Crippen LogP contribution in [-0.4, -0.2) is 85.2 Å².